The Labute approximate surface area is 117 Å². The minimum atomic E-state index is -0.0882. The second kappa shape index (κ2) is 6.65. The third-order valence-corrected chi connectivity index (χ3v) is 2.85. The molecule has 0 bridgehead atoms. The lowest BCUT2D eigenvalue weighted by Gasteiger charge is -2.10. The van der Waals surface area contributed by atoms with Crippen molar-refractivity contribution in [2.75, 3.05) is 14.2 Å². The fourth-order valence-corrected chi connectivity index (χ4v) is 1.83. The zero-order chi connectivity index (χ0) is 14.4. The van der Waals surface area contributed by atoms with E-state index < -0.39 is 0 Å². The molecular formula is C15H17NO4. The van der Waals surface area contributed by atoms with Crippen LogP contribution in [0.5, 0.6) is 11.5 Å². The van der Waals surface area contributed by atoms with Gasteiger partial charge in [-0.25, -0.2) is 0 Å². The SMILES string of the molecule is COc1ccc(CNC(=O)Cc2ccco2)cc1OC. The highest BCUT2D eigenvalue weighted by molar-refractivity contribution is 5.77. The van der Waals surface area contributed by atoms with Crippen molar-refractivity contribution in [2.45, 2.75) is 13.0 Å². The van der Waals surface area contributed by atoms with Gasteiger partial charge in [0, 0.05) is 6.54 Å². The number of carbonyl (C=O) groups excluding carboxylic acids is 1. The van der Waals surface area contributed by atoms with Crippen LogP contribution in [0.3, 0.4) is 0 Å². The van der Waals surface area contributed by atoms with Crippen LogP contribution in [0, 0.1) is 0 Å². The van der Waals surface area contributed by atoms with E-state index in [2.05, 4.69) is 5.32 Å². The van der Waals surface area contributed by atoms with Crippen LogP contribution in [-0.4, -0.2) is 20.1 Å². The molecule has 0 spiro atoms. The lowest BCUT2D eigenvalue weighted by atomic mass is 10.2. The number of nitrogens with one attached hydrogen (secondary N) is 1. The Morgan fingerprint density at radius 1 is 1.20 bits per heavy atom. The Hall–Kier alpha value is -2.43. The van der Waals surface area contributed by atoms with E-state index in [1.54, 1.807) is 32.6 Å². The van der Waals surface area contributed by atoms with Gasteiger partial charge >= 0.3 is 0 Å². The monoisotopic (exact) mass is 275 g/mol. The van der Waals surface area contributed by atoms with Crippen molar-refractivity contribution in [3.63, 3.8) is 0 Å². The quantitative estimate of drug-likeness (QED) is 0.877. The van der Waals surface area contributed by atoms with Crippen LogP contribution in [0.25, 0.3) is 0 Å². The number of ether oxygens (including phenoxy) is 2. The van der Waals surface area contributed by atoms with E-state index in [1.807, 2.05) is 18.2 Å². The van der Waals surface area contributed by atoms with Gasteiger partial charge in [0.05, 0.1) is 26.9 Å². The Morgan fingerprint density at radius 2 is 2.00 bits per heavy atom. The van der Waals surface area contributed by atoms with Crippen LogP contribution >= 0.6 is 0 Å². The summed E-state index contributed by atoms with van der Waals surface area (Å²) in [5.41, 5.74) is 0.940. The number of methoxy groups -OCH3 is 2. The molecule has 0 atom stereocenters. The van der Waals surface area contributed by atoms with Gasteiger partial charge in [-0.15, -0.1) is 0 Å². The highest BCUT2D eigenvalue weighted by Crippen LogP contribution is 2.27. The molecule has 0 aliphatic rings. The molecule has 0 radical (unpaired) electrons. The number of hydrogen-bond acceptors (Lipinski definition) is 4. The molecule has 2 aromatic rings. The normalized spacial score (nSPS) is 10.1. The van der Waals surface area contributed by atoms with Gasteiger partial charge < -0.3 is 19.2 Å². The Balaban J connectivity index is 1.92. The summed E-state index contributed by atoms with van der Waals surface area (Å²) in [6.45, 7) is 0.430. The molecule has 5 heteroatoms. The fourth-order valence-electron chi connectivity index (χ4n) is 1.83. The number of carbonyl (C=O) groups is 1. The van der Waals surface area contributed by atoms with Crippen molar-refractivity contribution in [3.8, 4) is 11.5 Å². The molecule has 20 heavy (non-hydrogen) atoms. The zero-order valence-electron chi connectivity index (χ0n) is 11.5. The lowest BCUT2D eigenvalue weighted by molar-refractivity contribution is -0.120. The summed E-state index contributed by atoms with van der Waals surface area (Å²) < 4.78 is 15.5. The van der Waals surface area contributed by atoms with Crippen LogP contribution in [0.1, 0.15) is 11.3 Å². The highest BCUT2D eigenvalue weighted by atomic mass is 16.5. The molecule has 0 aliphatic carbocycles. The van der Waals surface area contributed by atoms with Gasteiger partial charge in [0.2, 0.25) is 5.91 Å². The molecule has 0 unspecified atom stereocenters. The van der Waals surface area contributed by atoms with Gasteiger partial charge in [0.15, 0.2) is 11.5 Å². The second-order valence-electron chi connectivity index (χ2n) is 4.22. The first-order valence-corrected chi connectivity index (χ1v) is 6.23. The smallest absolute Gasteiger partial charge is 0.227 e. The summed E-state index contributed by atoms with van der Waals surface area (Å²) in [5.74, 6) is 1.87. The Morgan fingerprint density at radius 3 is 2.65 bits per heavy atom. The molecule has 0 saturated heterocycles. The molecule has 106 valence electrons. The summed E-state index contributed by atoms with van der Waals surface area (Å²) in [7, 11) is 3.17. The molecule has 1 N–H and O–H groups in total. The van der Waals surface area contributed by atoms with Crippen molar-refractivity contribution in [3.05, 3.63) is 47.9 Å². The number of benzene rings is 1. The topological polar surface area (TPSA) is 60.7 Å². The maximum Gasteiger partial charge on any atom is 0.227 e. The van der Waals surface area contributed by atoms with Crippen LogP contribution in [0.4, 0.5) is 0 Å². The number of rotatable bonds is 6. The molecule has 1 aromatic heterocycles. The van der Waals surface area contributed by atoms with E-state index in [1.165, 1.54) is 0 Å². The van der Waals surface area contributed by atoms with Crippen molar-refractivity contribution < 1.29 is 18.7 Å². The summed E-state index contributed by atoms with van der Waals surface area (Å²) in [4.78, 5) is 11.7. The van der Waals surface area contributed by atoms with Gasteiger partial charge in [-0.05, 0) is 29.8 Å². The van der Waals surface area contributed by atoms with Crippen molar-refractivity contribution >= 4 is 5.91 Å². The molecule has 0 aliphatic heterocycles. The molecule has 1 aromatic carbocycles. The third-order valence-electron chi connectivity index (χ3n) is 2.85. The van der Waals surface area contributed by atoms with Crippen molar-refractivity contribution in [1.29, 1.82) is 0 Å². The Bertz CT molecular complexity index is 563. The van der Waals surface area contributed by atoms with E-state index >= 15 is 0 Å². The Kier molecular flexibility index (Phi) is 4.65. The molecule has 1 amide bonds. The van der Waals surface area contributed by atoms with Crippen LogP contribution in [-0.2, 0) is 17.8 Å². The van der Waals surface area contributed by atoms with Gasteiger partial charge in [0.25, 0.3) is 0 Å². The average Bonchev–Trinajstić information content (AvgIpc) is 2.97. The van der Waals surface area contributed by atoms with Crippen LogP contribution < -0.4 is 14.8 Å². The van der Waals surface area contributed by atoms with Gasteiger partial charge in [0.1, 0.15) is 5.76 Å². The summed E-state index contributed by atoms with van der Waals surface area (Å²) >= 11 is 0. The molecule has 0 fully saturated rings. The van der Waals surface area contributed by atoms with Gasteiger partial charge in [-0.3, -0.25) is 4.79 Å². The maximum absolute atomic E-state index is 11.7. The third kappa shape index (κ3) is 3.54. The average molecular weight is 275 g/mol. The van der Waals surface area contributed by atoms with E-state index in [0.29, 0.717) is 23.8 Å². The largest absolute Gasteiger partial charge is 0.493 e. The molecule has 2 rings (SSSR count). The van der Waals surface area contributed by atoms with Crippen LogP contribution in [0.15, 0.2) is 41.0 Å². The van der Waals surface area contributed by atoms with Crippen LogP contribution in [0.2, 0.25) is 0 Å². The molecule has 5 nitrogen and oxygen atoms in total. The van der Waals surface area contributed by atoms with E-state index in [-0.39, 0.29) is 12.3 Å². The zero-order valence-corrected chi connectivity index (χ0v) is 11.5. The van der Waals surface area contributed by atoms with E-state index in [0.717, 1.165) is 5.56 Å². The predicted molar refractivity (Wildman–Crippen MR) is 73.8 cm³/mol. The van der Waals surface area contributed by atoms with Gasteiger partial charge in [-0.1, -0.05) is 6.07 Å². The maximum atomic E-state index is 11.7. The van der Waals surface area contributed by atoms with E-state index in [4.69, 9.17) is 13.9 Å². The van der Waals surface area contributed by atoms with Crippen molar-refractivity contribution in [1.82, 2.24) is 5.32 Å². The summed E-state index contributed by atoms with van der Waals surface area (Å²) in [6, 6.07) is 9.07. The first-order valence-electron chi connectivity index (χ1n) is 6.23. The minimum Gasteiger partial charge on any atom is -0.493 e. The number of hydrogen-bond donors (Lipinski definition) is 1. The minimum absolute atomic E-state index is 0.0882. The highest BCUT2D eigenvalue weighted by Gasteiger charge is 2.07. The summed E-state index contributed by atoms with van der Waals surface area (Å²) in [5, 5.41) is 2.83. The molecular weight excluding hydrogens is 258 g/mol. The molecule has 1 heterocycles. The first-order chi connectivity index (χ1) is 9.72. The lowest BCUT2D eigenvalue weighted by Crippen LogP contribution is -2.24. The summed E-state index contributed by atoms with van der Waals surface area (Å²) in [6.07, 6.45) is 1.79. The van der Waals surface area contributed by atoms with Gasteiger partial charge in [-0.2, -0.15) is 0 Å². The number of amides is 1. The predicted octanol–water partition coefficient (Wildman–Crippen LogP) is 2.16. The second-order valence-corrected chi connectivity index (χ2v) is 4.22. The van der Waals surface area contributed by atoms with E-state index in [9.17, 15) is 4.79 Å². The fraction of sp³-hybridized carbons (Fsp3) is 0.267. The standard InChI is InChI=1S/C15H17NO4/c1-18-13-6-5-11(8-14(13)19-2)10-16-15(17)9-12-4-3-7-20-12/h3-8H,9-10H2,1-2H3,(H,16,17). The first kappa shape index (κ1) is 14.0. The number of furan rings is 1. The molecule has 0 saturated carbocycles. The van der Waals surface area contributed by atoms with Crippen molar-refractivity contribution in [2.24, 2.45) is 0 Å².